The van der Waals surface area contributed by atoms with Gasteiger partial charge in [-0.1, -0.05) is 0 Å². The first-order valence-electron chi connectivity index (χ1n) is 10.4. The number of nitrogens with one attached hydrogen (secondary N) is 1. The zero-order valence-corrected chi connectivity index (χ0v) is 17.0. The Labute approximate surface area is 169 Å². The molecule has 1 unspecified atom stereocenters. The highest BCUT2D eigenvalue weighted by atomic mass is 16.5. The Kier molecular flexibility index (Phi) is 5.76. The van der Waals surface area contributed by atoms with Gasteiger partial charge in [0.15, 0.2) is 0 Å². The molecule has 4 rings (SSSR count). The predicted octanol–water partition coefficient (Wildman–Crippen LogP) is 2.40. The third-order valence-corrected chi connectivity index (χ3v) is 5.80. The van der Waals surface area contributed by atoms with Crippen LogP contribution < -0.4 is 10.9 Å². The van der Waals surface area contributed by atoms with Crippen molar-refractivity contribution in [3.8, 4) is 0 Å². The number of amides is 1. The third-order valence-electron chi connectivity index (χ3n) is 5.80. The number of hydrogen-bond donors (Lipinski definition) is 1. The van der Waals surface area contributed by atoms with Crippen LogP contribution in [0.1, 0.15) is 69.6 Å². The number of nitrogens with zero attached hydrogens (tertiary/aromatic N) is 2. The van der Waals surface area contributed by atoms with Gasteiger partial charge in [0.05, 0.1) is 6.61 Å². The molecule has 2 aliphatic rings. The van der Waals surface area contributed by atoms with Gasteiger partial charge in [-0.05, 0) is 63.1 Å². The van der Waals surface area contributed by atoms with Crippen LogP contribution in [0.4, 0.5) is 0 Å². The molecule has 1 fully saturated rings. The van der Waals surface area contributed by atoms with E-state index in [9.17, 15) is 9.59 Å². The molecule has 2 aromatic heterocycles. The summed E-state index contributed by atoms with van der Waals surface area (Å²) in [5.74, 6) is 1.01. The van der Waals surface area contributed by atoms with Gasteiger partial charge >= 0.3 is 5.63 Å². The fraction of sp³-hybridized carbons (Fsp3) is 0.545. The van der Waals surface area contributed by atoms with Gasteiger partial charge in [-0.15, -0.1) is 0 Å². The zero-order chi connectivity index (χ0) is 20.4. The molecule has 0 spiro atoms. The van der Waals surface area contributed by atoms with E-state index in [4.69, 9.17) is 9.15 Å². The van der Waals surface area contributed by atoms with Crippen molar-refractivity contribution in [3.63, 3.8) is 0 Å². The number of aryl methyl sites for hydroxylation is 3. The number of aromatic nitrogens is 2. The molecular formula is C22H27N3O4. The van der Waals surface area contributed by atoms with Gasteiger partial charge in [0.2, 0.25) is 0 Å². The van der Waals surface area contributed by atoms with Crippen LogP contribution in [0.3, 0.4) is 0 Å². The Bertz CT molecular complexity index is 977. The Balaban J connectivity index is 1.41. The second kappa shape index (κ2) is 8.45. The highest BCUT2D eigenvalue weighted by Gasteiger charge is 2.24. The van der Waals surface area contributed by atoms with E-state index in [0.717, 1.165) is 42.9 Å². The van der Waals surface area contributed by atoms with Crippen LogP contribution in [0.15, 0.2) is 15.3 Å². The van der Waals surface area contributed by atoms with Gasteiger partial charge in [0.1, 0.15) is 17.1 Å². The summed E-state index contributed by atoms with van der Waals surface area (Å²) in [6.45, 7) is 5.38. The second-order valence-electron chi connectivity index (χ2n) is 7.92. The molecule has 7 nitrogen and oxygen atoms in total. The van der Waals surface area contributed by atoms with E-state index in [1.54, 1.807) is 13.0 Å². The smallest absolute Gasteiger partial charge is 0.349 e. The van der Waals surface area contributed by atoms with Crippen molar-refractivity contribution in [3.05, 3.63) is 56.1 Å². The highest BCUT2D eigenvalue weighted by Crippen LogP contribution is 2.25. The maximum absolute atomic E-state index is 12.6. The molecule has 1 N–H and O–H groups in total. The Morgan fingerprint density at radius 1 is 1.24 bits per heavy atom. The van der Waals surface area contributed by atoms with E-state index in [2.05, 4.69) is 15.3 Å². The summed E-state index contributed by atoms with van der Waals surface area (Å²) in [6, 6.07) is 1.78. The van der Waals surface area contributed by atoms with Gasteiger partial charge in [0.25, 0.3) is 5.91 Å². The molecule has 0 bridgehead atoms. The lowest BCUT2D eigenvalue weighted by Crippen LogP contribution is -2.31. The van der Waals surface area contributed by atoms with Crippen LogP contribution >= 0.6 is 0 Å². The standard InChI is InChI=1S/C22H27N3O4/c1-13-11-18(15-8-10-28-12-15)29-22(27)20(13)21(26)23-9-7-19-24-14(2)16-5-3-4-6-17(16)25-19/h11,15H,3-10,12H2,1-2H3,(H,23,26). The summed E-state index contributed by atoms with van der Waals surface area (Å²) in [4.78, 5) is 34.2. The number of rotatable bonds is 5. The summed E-state index contributed by atoms with van der Waals surface area (Å²) in [7, 11) is 0. The van der Waals surface area contributed by atoms with Gasteiger partial charge in [-0.3, -0.25) is 4.79 Å². The summed E-state index contributed by atoms with van der Waals surface area (Å²) < 4.78 is 10.8. The molecule has 1 aliphatic heterocycles. The minimum Gasteiger partial charge on any atom is -0.427 e. The summed E-state index contributed by atoms with van der Waals surface area (Å²) in [6.07, 6.45) is 5.77. The average Bonchev–Trinajstić information content (AvgIpc) is 3.22. The topological polar surface area (TPSA) is 94.3 Å². The second-order valence-corrected chi connectivity index (χ2v) is 7.92. The van der Waals surface area contributed by atoms with Gasteiger partial charge in [0, 0.05) is 36.9 Å². The first-order chi connectivity index (χ1) is 14.0. The molecule has 0 radical (unpaired) electrons. The molecule has 7 heteroatoms. The Morgan fingerprint density at radius 2 is 2.07 bits per heavy atom. The van der Waals surface area contributed by atoms with Gasteiger partial charge in [-0.2, -0.15) is 0 Å². The van der Waals surface area contributed by atoms with Crippen LogP contribution in [0, 0.1) is 13.8 Å². The molecule has 0 aromatic carbocycles. The minimum atomic E-state index is -0.592. The van der Waals surface area contributed by atoms with Crippen molar-refractivity contribution in [1.29, 1.82) is 0 Å². The van der Waals surface area contributed by atoms with Crippen molar-refractivity contribution in [2.24, 2.45) is 0 Å². The van der Waals surface area contributed by atoms with E-state index >= 15 is 0 Å². The molecule has 2 aromatic rings. The van der Waals surface area contributed by atoms with Crippen molar-refractivity contribution < 1.29 is 13.9 Å². The van der Waals surface area contributed by atoms with Crippen molar-refractivity contribution in [2.75, 3.05) is 19.8 Å². The largest absolute Gasteiger partial charge is 0.427 e. The highest BCUT2D eigenvalue weighted by molar-refractivity contribution is 5.95. The molecule has 0 saturated carbocycles. The average molecular weight is 397 g/mol. The van der Waals surface area contributed by atoms with E-state index in [1.165, 1.54) is 12.0 Å². The lowest BCUT2D eigenvalue weighted by molar-refractivity contribution is 0.0948. The fourth-order valence-electron chi connectivity index (χ4n) is 4.20. The molecular weight excluding hydrogens is 370 g/mol. The molecule has 154 valence electrons. The minimum absolute atomic E-state index is 0.0650. The number of hydrogen-bond acceptors (Lipinski definition) is 6. The van der Waals surface area contributed by atoms with Crippen LogP contribution in [0.25, 0.3) is 0 Å². The summed E-state index contributed by atoms with van der Waals surface area (Å²) in [5, 5.41) is 2.81. The quantitative estimate of drug-likeness (QED) is 0.833. The van der Waals surface area contributed by atoms with E-state index in [-0.39, 0.29) is 11.5 Å². The Hall–Kier alpha value is -2.54. The number of carbonyl (C=O) groups is 1. The third kappa shape index (κ3) is 4.24. The monoisotopic (exact) mass is 397 g/mol. The predicted molar refractivity (Wildman–Crippen MR) is 107 cm³/mol. The van der Waals surface area contributed by atoms with E-state index in [0.29, 0.717) is 37.5 Å². The van der Waals surface area contributed by atoms with E-state index in [1.807, 2.05) is 6.92 Å². The van der Waals surface area contributed by atoms with Crippen LogP contribution in [-0.2, 0) is 24.0 Å². The van der Waals surface area contributed by atoms with Crippen molar-refractivity contribution >= 4 is 5.91 Å². The van der Waals surface area contributed by atoms with E-state index < -0.39 is 11.5 Å². The summed E-state index contributed by atoms with van der Waals surface area (Å²) >= 11 is 0. The molecule has 1 saturated heterocycles. The number of carbonyl (C=O) groups excluding carboxylic acids is 1. The first kappa shape index (κ1) is 19.8. The lowest BCUT2D eigenvalue weighted by Gasteiger charge is -2.17. The molecule has 1 amide bonds. The molecule has 3 heterocycles. The molecule has 1 atom stereocenters. The normalized spacial score (nSPS) is 18.5. The molecule has 29 heavy (non-hydrogen) atoms. The van der Waals surface area contributed by atoms with Crippen molar-refractivity contribution in [1.82, 2.24) is 15.3 Å². The van der Waals surface area contributed by atoms with Gasteiger partial charge < -0.3 is 14.5 Å². The summed E-state index contributed by atoms with van der Waals surface area (Å²) in [5.41, 5.74) is 3.57. The van der Waals surface area contributed by atoms with Crippen LogP contribution in [0.5, 0.6) is 0 Å². The van der Waals surface area contributed by atoms with Gasteiger partial charge in [-0.25, -0.2) is 14.8 Å². The Morgan fingerprint density at radius 3 is 2.83 bits per heavy atom. The number of ether oxygens (including phenoxy) is 1. The van der Waals surface area contributed by atoms with Crippen LogP contribution in [-0.4, -0.2) is 35.6 Å². The SMILES string of the molecule is Cc1cc(C2CCOC2)oc(=O)c1C(=O)NCCc1nc(C)c2c(n1)CCCC2. The first-order valence-corrected chi connectivity index (χ1v) is 10.4. The maximum Gasteiger partial charge on any atom is 0.349 e. The maximum atomic E-state index is 12.6. The van der Waals surface area contributed by atoms with Crippen molar-refractivity contribution in [2.45, 2.75) is 58.3 Å². The fourth-order valence-corrected chi connectivity index (χ4v) is 4.20. The molecule has 1 aliphatic carbocycles. The number of fused-ring (bicyclic) bond motifs is 1. The van der Waals surface area contributed by atoms with Crippen LogP contribution in [0.2, 0.25) is 0 Å². The lowest BCUT2D eigenvalue weighted by atomic mass is 9.95. The zero-order valence-electron chi connectivity index (χ0n) is 17.0.